The summed E-state index contributed by atoms with van der Waals surface area (Å²) in [5, 5.41) is 20.2. The van der Waals surface area contributed by atoms with Crippen LogP contribution in [0.2, 0.25) is 0 Å². The number of aliphatic hydroxyl groups is 1. The van der Waals surface area contributed by atoms with Gasteiger partial charge in [0.05, 0.1) is 11.5 Å². The van der Waals surface area contributed by atoms with Crippen molar-refractivity contribution in [3.8, 4) is 0 Å². The highest BCUT2D eigenvalue weighted by molar-refractivity contribution is 5.98. The topological polar surface area (TPSA) is 83.7 Å². The number of para-hydroxylation sites is 1. The molecule has 0 unspecified atom stereocenters. The Hall–Kier alpha value is -2.73. The summed E-state index contributed by atoms with van der Waals surface area (Å²) in [6, 6.07) is 15.1. The highest BCUT2D eigenvalue weighted by Gasteiger charge is 2.24. The molecule has 0 spiro atoms. The number of hydrogen-bond donors (Lipinski definition) is 1. The van der Waals surface area contributed by atoms with Gasteiger partial charge in [0.15, 0.2) is 0 Å². The average Bonchev–Trinajstić information content (AvgIpc) is 2.54. The van der Waals surface area contributed by atoms with Crippen molar-refractivity contribution in [2.45, 2.75) is 6.54 Å². The number of aliphatic hydroxyl groups excluding tert-OH is 1. The Morgan fingerprint density at radius 1 is 1.09 bits per heavy atom. The van der Waals surface area contributed by atoms with Crippen molar-refractivity contribution in [3.05, 3.63) is 75.8 Å². The second-order valence-electron chi connectivity index (χ2n) is 4.71. The maximum atomic E-state index is 12.6. The van der Waals surface area contributed by atoms with Crippen molar-refractivity contribution >= 4 is 11.6 Å². The largest absolute Gasteiger partial charge is 0.395 e. The highest BCUT2D eigenvalue weighted by atomic mass is 16.6. The van der Waals surface area contributed by atoms with E-state index in [-0.39, 0.29) is 30.9 Å². The first-order valence-electron chi connectivity index (χ1n) is 6.81. The van der Waals surface area contributed by atoms with Crippen molar-refractivity contribution in [1.82, 2.24) is 4.90 Å². The maximum absolute atomic E-state index is 12.6. The molecule has 0 aromatic heterocycles. The lowest BCUT2D eigenvalue weighted by Crippen LogP contribution is -2.33. The molecular weight excluding hydrogens is 284 g/mol. The molecule has 0 fully saturated rings. The van der Waals surface area contributed by atoms with E-state index in [0.29, 0.717) is 0 Å². The fourth-order valence-electron chi connectivity index (χ4n) is 2.16. The molecule has 2 rings (SSSR count). The van der Waals surface area contributed by atoms with Crippen LogP contribution in [0.25, 0.3) is 0 Å². The molecule has 0 heterocycles. The zero-order valence-electron chi connectivity index (χ0n) is 11.9. The minimum atomic E-state index is -0.577. The van der Waals surface area contributed by atoms with Gasteiger partial charge in [-0.05, 0) is 11.6 Å². The summed E-state index contributed by atoms with van der Waals surface area (Å²) in [6.07, 6.45) is 0. The number of amides is 1. The van der Waals surface area contributed by atoms with E-state index in [1.54, 1.807) is 6.07 Å². The van der Waals surface area contributed by atoms with E-state index in [4.69, 9.17) is 5.11 Å². The van der Waals surface area contributed by atoms with Gasteiger partial charge in [-0.2, -0.15) is 0 Å². The predicted octanol–water partition coefficient (Wildman–Crippen LogP) is 2.23. The monoisotopic (exact) mass is 300 g/mol. The molecule has 2 aromatic carbocycles. The van der Waals surface area contributed by atoms with Crippen molar-refractivity contribution < 1.29 is 14.8 Å². The molecule has 0 aliphatic heterocycles. The Morgan fingerprint density at radius 2 is 1.73 bits per heavy atom. The van der Waals surface area contributed by atoms with Crippen LogP contribution in [-0.2, 0) is 6.54 Å². The molecule has 0 aliphatic carbocycles. The molecule has 1 amide bonds. The summed E-state index contributed by atoms with van der Waals surface area (Å²) in [5.41, 5.74) is 0.684. The van der Waals surface area contributed by atoms with Crippen LogP contribution in [0, 0.1) is 10.1 Å². The van der Waals surface area contributed by atoms with Crippen LogP contribution < -0.4 is 0 Å². The molecular formula is C16H16N2O4. The standard InChI is InChI=1S/C16H16N2O4/c19-11-10-17(12-13-6-2-1-3-7-13)16(20)14-8-4-5-9-15(14)18(21)22/h1-9,19H,10-12H2. The second kappa shape index (κ2) is 7.33. The van der Waals surface area contributed by atoms with Crippen molar-refractivity contribution in [2.24, 2.45) is 0 Å². The van der Waals surface area contributed by atoms with E-state index < -0.39 is 10.8 Å². The van der Waals surface area contributed by atoms with Gasteiger partial charge in [0, 0.05) is 19.2 Å². The summed E-state index contributed by atoms with van der Waals surface area (Å²) in [4.78, 5) is 24.4. The first-order valence-corrected chi connectivity index (χ1v) is 6.81. The van der Waals surface area contributed by atoms with E-state index in [2.05, 4.69) is 0 Å². The van der Waals surface area contributed by atoms with E-state index in [1.807, 2.05) is 30.3 Å². The zero-order chi connectivity index (χ0) is 15.9. The zero-order valence-corrected chi connectivity index (χ0v) is 11.9. The molecule has 0 radical (unpaired) electrons. The SMILES string of the molecule is O=C(c1ccccc1[N+](=O)[O-])N(CCO)Cc1ccccc1. The summed E-state index contributed by atoms with van der Waals surface area (Å²) < 4.78 is 0. The molecule has 114 valence electrons. The smallest absolute Gasteiger partial charge is 0.282 e. The lowest BCUT2D eigenvalue weighted by atomic mass is 10.1. The fraction of sp³-hybridized carbons (Fsp3) is 0.188. The highest BCUT2D eigenvalue weighted by Crippen LogP contribution is 2.20. The van der Waals surface area contributed by atoms with E-state index in [1.165, 1.54) is 23.1 Å². The van der Waals surface area contributed by atoms with Gasteiger partial charge in [-0.25, -0.2) is 0 Å². The third-order valence-electron chi connectivity index (χ3n) is 3.20. The number of carbonyl (C=O) groups is 1. The molecule has 6 heteroatoms. The number of rotatable bonds is 6. The molecule has 2 aromatic rings. The van der Waals surface area contributed by atoms with E-state index in [9.17, 15) is 14.9 Å². The molecule has 0 saturated carbocycles. The van der Waals surface area contributed by atoms with Gasteiger partial charge in [0.1, 0.15) is 5.56 Å². The molecule has 0 aliphatic rings. The molecule has 0 bridgehead atoms. The Balaban J connectivity index is 2.29. The van der Waals surface area contributed by atoms with Crippen LogP contribution in [0.4, 0.5) is 5.69 Å². The van der Waals surface area contributed by atoms with Crippen molar-refractivity contribution in [1.29, 1.82) is 0 Å². The Kier molecular flexibility index (Phi) is 5.21. The number of carbonyl (C=O) groups excluding carboxylic acids is 1. The quantitative estimate of drug-likeness (QED) is 0.655. The van der Waals surface area contributed by atoms with Crippen LogP contribution in [0.15, 0.2) is 54.6 Å². The van der Waals surface area contributed by atoms with Gasteiger partial charge in [0.2, 0.25) is 0 Å². The van der Waals surface area contributed by atoms with Gasteiger partial charge < -0.3 is 10.0 Å². The van der Waals surface area contributed by atoms with Gasteiger partial charge in [-0.15, -0.1) is 0 Å². The molecule has 0 atom stereocenters. The van der Waals surface area contributed by atoms with Crippen LogP contribution in [0.3, 0.4) is 0 Å². The Bertz CT molecular complexity index is 658. The van der Waals surface area contributed by atoms with Gasteiger partial charge in [-0.1, -0.05) is 42.5 Å². The van der Waals surface area contributed by atoms with Crippen LogP contribution in [-0.4, -0.2) is 34.0 Å². The van der Waals surface area contributed by atoms with Gasteiger partial charge in [0.25, 0.3) is 11.6 Å². The summed E-state index contributed by atoms with van der Waals surface area (Å²) in [7, 11) is 0. The number of nitro groups is 1. The Morgan fingerprint density at radius 3 is 2.36 bits per heavy atom. The van der Waals surface area contributed by atoms with E-state index in [0.717, 1.165) is 5.56 Å². The number of hydrogen-bond acceptors (Lipinski definition) is 4. The maximum Gasteiger partial charge on any atom is 0.282 e. The summed E-state index contributed by atoms with van der Waals surface area (Å²) >= 11 is 0. The molecule has 6 nitrogen and oxygen atoms in total. The van der Waals surface area contributed by atoms with Crippen LogP contribution in [0.1, 0.15) is 15.9 Å². The molecule has 0 saturated heterocycles. The second-order valence-corrected chi connectivity index (χ2v) is 4.71. The molecule has 1 N–H and O–H groups in total. The number of nitro benzene ring substituents is 1. The molecule has 22 heavy (non-hydrogen) atoms. The summed E-state index contributed by atoms with van der Waals surface area (Å²) in [6.45, 7) is 0.186. The third kappa shape index (κ3) is 3.67. The average molecular weight is 300 g/mol. The predicted molar refractivity (Wildman–Crippen MR) is 81.4 cm³/mol. The Labute approximate surface area is 127 Å². The third-order valence-corrected chi connectivity index (χ3v) is 3.20. The van der Waals surface area contributed by atoms with Crippen LogP contribution in [0.5, 0.6) is 0 Å². The van der Waals surface area contributed by atoms with Crippen molar-refractivity contribution in [3.63, 3.8) is 0 Å². The van der Waals surface area contributed by atoms with Gasteiger partial charge in [-0.3, -0.25) is 14.9 Å². The lowest BCUT2D eigenvalue weighted by Gasteiger charge is -2.21. The van der Waals surface area contributed by atoms with Crippen LogP contribution >= 0.6 is 0 Å². The van der Waals surface area contributed by atoms with Gasteiger partial charge >= 0.3 is 0 Å². The minimum absolute atomic E-state index is 0.0249. The number of nitrogens with zero attached hydrogens (tertiary/aromatic N) is 2. The first kappa shape index (κ1) is 15.7. The lowest BCUT2D eigenvalue weighted by molar-refractivity contribution is -0.385. The summed E-state index contributed by atoms with van der Waals surface area (Å²) in [5.74, 6) is -0.467. The normalized spacial score (nSPS) is 10.2. The fourth-order valence-corrected chi connectivity index (χ4v) is 2.16. The minimum Gasteiger partial charge on any atom is -0.395 e. The number of benzene rings is 2. The van der Waals surface area contributed by atoms with E-state index >= 15 is 0 Å². The van der Waals surface area contributed by atoms with Crippen molar-refractivity contribution in [2.75, 3.05) is 13.2 Å². The first-order chi connectivity index (χ1) is 10.6.